The maximum Gasteiger partial charge on any atom is 0.209 e. The van der Waals surface area contributed by atoms with Crippen LogP contribution in [0, 0.1) is 10.9 Å². The van der Waals surface area contributed by atoms with Crippen LogP contribution >= 0.6 is 23.6 Å². The van der Waals surface area contributed by atoms with E-state index in [-0.39, 0.29) is 0 Å². The number of piperazine rings is 1. The van der Waals surface area contributed by atoms with Crippen molar-refractivity contribution in [2.75, 3.05) is 43.5 Å². The molecule has 29 heavy (non-hydrogen) atoms. The summed E-state index contributed by atoms with van der Waals surface area (Å²) in [4.78, 5) is 4.80. The highest BCUT2D eigenvalue weighted by molar-refractivity contribution is 7.73. The second-order valence-electron chi connectivity index (χ2n) is 7.11. The zero-order valence-corrected chi connectivity index (χ0v) is 18.3. The fourth-order valence-corrected chi connectivity index (χ4v) is 4.35. The lowest BCUT2D eigenvalue weighted by molar-refractivity contribution is 0.195. The molecule has 0 amide bonds. The molecule has 3 aromatic rings. The molecular formula is C21H25N5OS2. The second-order valence-corrected chi connectivity index (χ2v) is 8.73. The number of rotatable bonds is 6. The third-order valence-corrected chi connectivity index (χ3v) is 6.28. The van der Waals surface area contributed by atoms with Crippen molar-refractivity contribution in [3.8, 4) is 5.75 Å². The number of methoxy groups -OCH3 is 1. The van der Waals surface area contributed by atoms with Gasteiger partial charge in [0.1, 0.15) is 5.75 Å². The summed E-state index contributed by atoms with van der Waals surface area (Å²) < 4.78 is 7.95. The van der Waals surface area contributed by atoms with Crippen LogP contribution in [0.1, 0.15) is 5.56 Å². The Balaban J connectivity index is 1.33. The largest absolute Gasteiger partial charge is 0.497 e. The van der Waals surface area contributed by atoms with Crippen LogP contribution in [0.5, 0.6) is 5.75 Å². The van der Waals surface area contributed by atoms with Crippen molar-refractivity contribution in [3.63, 3.8) is 0 Å². The van der Waals surface area contributed by atoms with Crippen LogP contribution in [-0.4, -0.2) is 48.0 Å². The summed E-state index contributed by atoms with van der Waals surface area (Å²) in [6, 6.07) is 16.5. The molecule has 0 aliphatic carbocycles. The highest BCUT2D eigenvalue weighted by Crippen LogP contribution is 2.23. The molecule has 2 heterocycles. The van der Waals surface area contributed by atoms with Crippen molar-refractivity contribution in [1.29, 1.82) is 0 Å². The fourth-order valence-electron chi connectivity index (χ4n) is 3.34. The van der Waals surface area contributed by atoms with Crippen molar-refractivity contribution in [2.45, 2.75) is 13.6 Å². The van der Waals surface area contributed by atoms with Crippen molar-refractivity contribution >= 4 is 40.1 Å². The molecule has 152 valence electrons. The quantitative estimate of drug-likeness (QED) is 0.584. The highest BCUT2D eigenvalue weighted by Gasteiger charge is 2.18. The predicted molar refractivity (Wildman–Crippen MR) is 122 cm³/mol. The van der Waals surface area contributed by atoms with E-state index < -0.39 is 0 Å². The Morgan fingerprint density at radius 2 is 1.72 bits per heavy atom. The number of aryl methyl sites for hydroxylation is 1. The van der Waals surface area contributed by atoms with E-state index in [4.69, 9.17) is 17.0 Å². The molecule has 1 fully saturated rings. The third kappa shape index (κ3) is 4.95. The fraction of sp³-hybridized carbons (Fsp3) is 0.333. The maximum atomic E-state index is 5.53. The molecule has 8 heteroatoms. The number of benzene rings is 2. The molecule has 4 rings (SSSR count). The molecule has 1 N–H and O–H groups in total. The molecule has 0 spiro atoms. The summed E-state index contributed by atoms with van der Waals surface area (Å²) in [5.41, 5.74) is 3.50. The first-order valence-corrected chi connectivity index (χ1v) is 10.9. The molecule has 0 atom stereocenters. The Kier molecular flexibility index (Phi) is 6.13. The van der Waals surface area contributed by atoms with E-state index in [1.807, 2.05) is 16.8 Å². The van der Waals surface area contributed by atoms with Crippen LogP contribution in [-0.2, 0) is 6.67 Å². The van der Waals surface area contributed by atoms with E-state index in [1.54, 1.807) is 7.11 Å². The van der Waals surface area contributed by atoms with Crippen molar-refractivity contribution in [3.05, 3.63) is 58.0 Å². The molecule has 0 bridgehead atoms. The summed E-state index contributed by atoms with van der Waals surface area (Å²) in [5.74, 6) is 0.889. The van der Waals surface area contributed by atoms with Gasteiger partial charge >= 0.3 is 0 Å². The molecule has 1 saturated heterocycles. The summed E-state index contributed by atoms with van der Waals surface area (Å²) in [5, 5.41) is 8.85. The van der Waals surface area contributed by atoms with Gasteiger partial charge in [-0.05, 0) is 55.5 Å². The zero-order chi connectivity index (χ0) is 20.2. The van der Waals surface area contributed by atoms with Crippen LogP contribution in [0.2, 0.25) is 0 Å². The van der Waals surface area contributed by atoms with Crippen LogP contribution in [0.3, 0.4) is 0 Å². The number of aromatic nitrogens is 2. The van der Waals surface area contributed by atoms with E-state index in [0.717, 1.165) is 53.4 Å². The molecule has 0 unspecified atom stereocenters. The van der Waals surface area contributed by atoms with Gasteiger partial charge in [0.05, 0.1) is 13.8 Å². The molecule has 1 aromatic heterocycles. The molecule has 6 nitrogen and oxygen atoms in total. The number of nitrogens with one attached hydrogen (secondary N) is 1. The van der Waals surface area contributed by atoms with Gasteiger partial charge in [-0.1, -0.05) is 29.0 Å². The Bertz CT molecular complexity index is 989. The number of hydrogen-bond acceptors (Lipinski definition) is 7. The number of nitrogens with zero attached hydrogens (tertiary/aromatic N) is 4. The van der Waals surface area contributed by atoms with E-state index in [9.17, 15) is 0 Å². The Hall–Kier alpha value is -2.42. The normalized spacial score (nSPS) is 14.8. The predicted octanol–water partition coefficient (Wildman–Crippen LogP) is 4.51. The molecule has 1 aliphatic heterocycles. The lowest BCUT2D eigenvalue weighted by Gasteiger charge is -2.35. The van der Waals surface area contributed by atoms with Gasteiger partial charge in [0.25, 0.3) is 0 Å². The SMILES string of the molecule is COc1ccc(N2CCN(Cn3nc(Nc4ccc(C)cc4)sc3=S)CC2)cc1. The minimum Gasteiger partial charge on any atom is -0.497 e. The van der Waals surface area contributed by atoms with Crippen LogP contribution < -0.4 is 15.0 Å². The van der Waals surface area contributed by atoms with Gasteiger partial charge < -0.3 is 15.0 Å². The molecule has 0 saturated carbocycles. The number of hydrogen-bond donors (Lipinski definition) is 1. The van der Waals surface area contributed by atoms with Gasteiger partial charge in [-0.3, -0.25) is 4.90 Å². The lowest BCUT2D eigenvalue weighted by atomic mass is 10.2. The topological polar surface area (TPSA) is 45.6 Å². The molecular weight excluding hydrogens is 402 g/mol. The first kappa shape index (κ1) is 19.9. The smallest absolute Gasteiger partial charge is 0.209 e. The van der Waals surface area contributed by atoms with Crippen LogP contribution in [0.4, 0.5) is 16.5 Å². The minimum absolute atomic E-state index is 0.724. The number of anilines is 3. The lowest BCUT2D eigenvalue weighted by Crippen LogP contribution is -2.46. The summed E-state index contributed by atoms with van der Waals surface area (Å²) >= 11 is 7.04. The van der Waals surface area contributed by atoms with E-state index in [0.29, 0.717) is 0 Å². The Labute approximate surface area is 180 Å². The van der Waals surface area contributed by atoms with E-state index >= 15 is 0 Å². The zero-order valence-electron chi connectivity index (χ0n) is 16.7. The molecule has 2 aromatic carbocycles. The summed E-state index contributed by atoms with van der Waals surface area (Å²) in [7, 11) is 1.69. The van der Waals surface area contributed by atoms with E-state index in [2.05, 4.69) is 63.5 Å². The standard InChI is InChI=1S/C21H25N5OS2/c1-16-3-5-17(6-4-16)22-20-23-26(21(28)29-20)15-24-11-13-25(14-12-24)18-7-9-19(27-2)10-8-18/h3-10H,11-15H2,1-2H3,(H,22,23). The molecule has 0 radical (unpaired) electrons. The van der Waals surface area contributed by atoms with Gasteiger partial charge in [0.2, 0.25) is 5.13 Å². The first-order valence-electron chi connectivity index (χ1n) is 9.64. The highest BCUT2D eigenvalue weighted by atomic mass is 32.1. The van der Waals surface area contributed by atoms with E-state index in [1.165, 1.54) is 22.6 Å². The maximum absolute atomic E-state index is 5.53. The van der Waals surface area contributed by atoms with Gasteiger partial charge in [0.15, 0.2) is 3.95 Å². The van der Waals surface area contributed by atoms with Crippen LogP contribution in [0.15, 0.2) is 48.5 Å². The van der Waals surface area contributed by atoms with Gasteiger partial charge in [0, 0.05) is 37.6 Å². The average Bonchev–Trinajstić information content (AvgIpc) is 3.09. The Morgan fingerprint density at radius 1 is 1.03 bits per heavy atom. The third-order valence-electron chi connectivity index (χ3n) is 5.05. The minimum atomic E-state index is 0.724. The molecule has 1 aliphatic rings. The Morgan fingerprint density at radius 3 is 2.38 bits per heavy atom. The second kappa shape index (κ2) is 8.94. The van der Waals surface area contributed by atoms with Crippen LogP contribution in [0.25, 0.3) is 0 Å². The van der Waals surface area contributed by atoms with Crippen molar-refractivity contribution in [1.82, 2.24) is 14.7 Å². The van der Waals surface area contributed by atoms with Gasteiger partial charge in [-0.2, -0.15) is 0 Å². The summed E-state index contributed by atoms with van der Waals surface area (Å²) in [6.07, 6.45) is 0. The number of ether oxygens (including phenoxy) is 1. The van der Waals surface area contributed by atoms with Gasteiger partial charge in [-0.25, -0.2) is 4.68 Å². The van der Waals surface area contributed by atoms with Crippen molar-refractivity contribution < 1.29 is 4.74 Å². The van der Waals surface area contributed by atoms with Gasteiger partial charge in [-0.15, -0.1) is 5.10 Å². The van der Waals surface area contributed by atoms with Crippen molar-refractivity contribution in [2.24, 2.45) is 0 Å². The average molecular weight is 428 g/mol. The first-order chi connectivity index (χ1) is 14.1. The summed E-state index contributed by atoms with van der Waals surface area (Å²) in [6.45, 7) is 6.73. The monoisotopic (exact) mass is 427 g/mol.